The van der Waals surface area contributed by atoms with E-state index in [1.54, 1.807) is 0 Å². The molecular weight excluding hydrogens is 314 g/mol. The van der Waals surface area contributed by atoms with Gasteiger partial charge in [0.25, 0.3) is 0 Å². The van der Waals surface area contributed by atoms with Crippen LogP contribution in [0.2, 0.25) is 0 Å². The van der Waals surface area contributed by atoms with Crippen molar-refractivity contribution < 1.29 is 19.0 Å². The van der Waals surface area contributed by atoms with Crippen LogP contribution in [-0.2, 0) is 0 Å². The predicted octanol–water partition coefficient (Wildman–Crippen LogP) is 4.23. The smallest absolute Gasteiger partial charge is 0.219 e. The Morgan fingerprint density at radius 1 is 0.880 bits per heavy atom. The average Bonchev–Trinajstić information content (AvgIpc) is 2.63. The van der Waals surface area contributed by atoms with Crippen LogP contribution in [0.15, 0.2) is 54.9 Å². The molecule has 4 heteroatoms. The standard InChI is InChI=1S/C21H19NO3/c1-3-24-16-6-7-17-15(11-16)9-10-22-13-18-14(12-19(17)22)5-8-20(21(18)23)25-4-2/h5-13H,3-4H2,1-2H3/p+1. The normalized spacial score (nSPS) is 11.3. The average molecular weight is 334 g/mol. The molecule has 2 heterocycles. The number of phenols is 1. The number of aromatic nitrogens is 1. The van der Waals surface area contributed by atoms with Gasteiger partial charge in [-0.2, -0.15) is 4.40 Å². The fourth-order valence-corrected chi connectivity index (χ4v) is 3.24. The summed E-state index contributed by atoms with van der Waals surface area (Å²) < 4.78 is 13.1. The first-order valence-corrected chi connectivity index (χ1v) is 8.50. The van der Waals surface area contributed by atoms with Gasteiger partial charge in [-0.15, -0.1) is 0 Å². The molecule has 25 heavy (non-hydrogen) atoms. The topological polar surface area (TPSA) is 42.8 Å². The van der Waals surface area contributed by atoms with Crippen molar-refractivity contribution >= 4 is 27.1 Å². The van der Waals surface area contributed by atoms with Crippen molar-refractivity contribution in [3.05, 3.63) is 54.9 Å². The van der Waals surface area contributed by atoms with Gasteiger partial charge >= 0.3 is 0 Å². The maximum absolute atomic E-state index is 10.5. The maximum atomic E-state index is 10.5. The first-order chi connectivity index (χ1) is 12.2. The summed E-state index contributed by atoms with van der Waals surface area (Å²) in [5.41, 5.74) is 1.08. The first-order valence-electron chi connectivity index (χ1n) is 8.50. The quantitative estimate of drug-likeness (QED) is 0.345. The highest BCUT2D eigenvalue weighted by Crippen LogP contribution is 2.35. The first kappa shape index (κ1) is 15.5. The fourth-order valence-electron chi connectivity index (χ4n) is 3.24. The van der Waals surface area contributed by atoms with Crippen LogP contribution in [-0.4, -0.2) is 18.3 Å². The summed E-state index contributed by atoms with van der Waals surface area (Å²) in [7, 11) is 0. The number of aromatic hydroxyl groups is 1. The van der Waals surface area contributed by atoms with Gasteiger partial charge in [0.2, 0.25) is 5.52 Å². The van der Waals surface area contributed by atoms with Gasteiger partial charge in [0, 0.05) is 12.1 Å². The Morgan fingerprint density at radius 2 is 1.68 bits per heavy atom. The summed E-state index contributed by atoms with van der Waals surface area (Å²) in [4.78, 5) is 0. The summed E-state index contributed by atoms with van der Waals surface area (Å²) in [6.07, 6.45) is 3.94. The molecule has 0 aliphatic carbocycles. The molecule has 2 aromatic heterocycles. The summed E-state index contributed by atoms with van der Waals surface area (Å²) >= 11 is 0. The molecule has 1 N–H and O–H groups in total. The molecule has 2 aromatic carbocycles. The molecule has 126 valence electrons. The van der Waals surface area contributed by atoms with E-state index in [0.29, 0.717) is 19.0 Å². The molecule has 4 aromatic rings. The van der Waals surface area contributed by atoms with Crippen LogP contribution in [0.4, 0.5) is 0 Å². The zero-order valence-corrected chi connectivity index (χ0v) is 14.3. The van der Waals surface area contributed by atoms with Crippen LogP contribution < -0.4 is 13.9 Å². The molecule has 0 bridgehead atoms. The number of phenolic OH excluding ortho intramolecular Hbond substituents is 1. The Hall–Kier alpha value is -3.01. The minimum Gasteiger partial charge on any atom is -0.504 e. The maximum Gasteiger partial charge on any atom is 0.219 e. The van der Waals surface area contributed by atoms with Crippen molar-refractivity contribution in [1.29, 1.82) is 0 Å². The monoisotopic (exact) mass is 334 g/mol. The number of hydrogen-bond acceptors (Lipinski definition) is 3. The van der Waals surface area contributed by atoms with Crippen LogP contribution >= 0.6 is 0 Å². The molecule has 0 amide bonds. The second-order valence-electron chi connectivity index (χ2n) is 5.91. The lowest BCUT2D eigenvalue weighted by Gasteiger charge is -2.08. The number of ether oxygens (including phenoxy) is 2. The van der Waals surface area contributed by atoms with E-state index in [4.69, 9.17) is 9.47 Å². The number of rotatable bonds is 4. The highest BCUT2D eigenvalue weighted by molar-refractivity contribution is 5.99. The molecule has 0 spiro atoms. The molecule has 0 saturated heterocycles. The minimum absolute atomic E-state index is 0.181. The molecule has 0 aliphatic heterocycles. The Labute approximate surface area is 145 Å². The number of hydrogen-bond donors (Lipinski definition) is 1. The Balaban J connectivity index is 1.97. The molecule has 0 aliphatic rings. The predicted molar refractivity (Wildman–Crippen MR) is 98.6 cm³/mol. The van der Waals surface area contributed by atoms with Gasteiger partial charge in [0.05, 0.1) is 24.0 Å². The van der Waals surface area contributed by atoms with E-state index in [9.17, 15) is 5.11 Å². The van der Waals surface area contributed by atoms with Crippen molar-refractivity contribution in [2.45, 2.75) is 13.8 Å². The van der Waals surface area contributed by atoms with Gasteiger partial charge in [0.1, 0.15) is 5.75 Å². The summed E-state index contributed by atoms with van der Waals surface area (Å²) in [5, 5.41) is 14.5. The van der Waals surface area contributed by atoms with E-state index >= 15 is 0 Å². The van der Waals surface area contributed by atoms with Gasteiger partial charge in [0.15, 0.2) is 23.9 Å². The lowest BCUT2D eigenvalue weighted by atomic mass is 10.1. The molecule has 0 saturated carbocycles. The molecule has 4 nitrogen and oxygen atoms in total. The fraction of sp³-hybridized carbons (Fsp3) is 0.190. The highest BCUT2D eigenvalue weighted by atomic mass is 16.5. The van der Waals surface area contributed by atoms with Crippen LogP contribution in [0, 0.1) is 0 Å². The molecule has 0 atom stereocenters. The van der Waals surface area contributed by atoms with Crippen LogP contribution in [0.3, 0.4) is 0 Å². The molecule has 0 fully saturated rings. The van der Waals surface area contributed by atoms with E-state index in [1.807, 2.05) is 48.8 Å². The largest absolute Gasteiger partial charge is 0.504 e. The van der Waals surface area contributed by atoms with E-state index in [1.165, 1.54) is 0 Å². The van der Waals surface area contributed by atoms with Gasteiger partial charge in [-0.25, -0.2) is 0 Å². The van der Waals surface area contributed by atoms with E-state index in [2.05, 4.69) is 24.3 Å². The Bertz CT molecular complexity index is 1090. The van der Waals surface area contributed by atoms with Crippen LogP contribution in [0.25, 0.3) is 27.1 Å². The second-order valence-corrected chi connectivity index (χ2v) is 5.91. The van der Waals surface area contributed by atoms with Crippen LogP contribution in [0.5, 0.6) is 17.2 Å². The Morgan fingerprint density at radius 3 is 2.48 bits per heavy atom. The van der Waals surface area contributed by atoms with E-state index in [-0.39, 0.29) is 5.75 Å². The van der Waals surface area contributed by atoms with Gasteiger partial charge in [-0.05, 0) is 55.0 Å². The van der Waals surface area contributed by atoms with Crippen molar-refractivity contribution in [1.82, 2.24) is 0 Å². The number of benzene rings is 2. The molecular formula is C21H20NO3+. The molecule has 0 unspecified atom stereocenters. The lowest BCUT2D eigenvalue weighted by Crippen LogP contribution is -2.20. The number of fused-ring (bicyclic) bond motifs is 4. The Kier molecular flexibility index (Phi) is 3.80. The third-order valence-corrected chi connectivity index (χ3v) is 4.38. The molecule has 4 rings (SSSR count). The zero-order chi connectivity index (χ0) is 17.4. The van der Waals surface area contributed by atoms with Gasteiger partial charge < -0.3 is 14.6 Å². The van der Waals surface area contributed by atoms with Crippen molar-refractivity contribution in [3.63, 3.8) is 0 Å². The third-order valence-electron chi connectivity index (χ3n) is 4.38. The van der Waals surface area contributed by atoms with Crippen molar-refractivity contribution in [2.75, 3.05) is 13.2 Å². The summed E-state index contributed by atoms with van der Waals surface area (Å²) in [6, 6.07) is 14.1. The third kappa shape index (κ3) is 2.60. The van der Waals surface area contributed by atoms with E-state index < -0.39 is 0 Å². The van der Waals surface area contributed by atoms with Crippen molar-refractivity contribution in [3.8, 4) is 17.2 Å². The van der Waals surface area contributed by atoms with Crippen molar-refractivity contribution in [2.24, 2.45) is 0 Å². The lowest BCUT2D eigenvalue weighted by molar-refractivity contribution is -0.509. The zero-order valence-electron chi connectivity index (χ0n) is 14.3. The minimum atomic E-state index is 0.181. The summed E-state index contributed by atoms with van der Waals surface area (Å²) in [5.74, 6) is 1.57. The SMILES string of the molecule is CCOc1ccc2c(cc[n+]3cc4c(O)c(OCC)ccc4cc23)c1. The van der Waals surface area contributed by atoms with E-state index in [0.717, 1.165) is 32.8 Å². The van der Waals surface area contributed by atoms with Gasteiger partial charge in [-0.1, -0.05) is 0 Å². The van der Waals surface area contributed by atoms with Crippen LogP contribution in [0.1, 0.15) is 13.8 Å². The molecule has 0 radical (unpaired) electrons. The second kappa shape index (κ2) is 6.13. The highest BCUT2D eigenvalue weighted by Gasteiger charge is 2.15. The number of nitrogens with zero attached hydrogens (tertiary/aromatic N) is 1. The summed E-state index contributed by atoms with van der Waals surface area (Å²) in [6.45, 7) is 5.06. The number of pyridine rings is 2. The van der Waals surface area contributed by atoms with Gasteiger partial charge in [-0.3, -0.25) is 0 Å².